The quantitative estimate of drug-likeness (QED) is 0.533. The number of alkyl halides is 3. The minimum atomic E-state index is -5.08. The zero-order chi connectivity index (χ0) is 19.3. The number of carbonyl (C=O) groups is 2. The van der Waals surface area contributed by atoms with Gasteiger partial charge in [0.05, 0.1) is 0 Å². The van der Waals surface area contributed by atoms with Gasteiger partial charge in [-0.1, -0.05) is 5.16 Å². The van der Waals surface area contributed by atoms with Gasteiger partial charge in [0.25, 0.3) is 0 Å². The van der Waals surface area contributed by atoms with Gasteiger partial charge in [-0.2, -0.15) is 17.9 Å². The molecule has 0 amide bonds. The molecule has 0 unspecified atom stereocenters. The minimum Gasteiger partial charge on any atom is -0.480 e. The van der Waals surface area contributed by atoms with E-state index in [4.69, 9.17) is 25.3 Å². The molecule has 24 heavy (non-hydrogen) atoms. The average Bonchev–Trinajstić information content (AvgIpc) is 2.75. The summed E-state index contributed by atoms with van der Waals surface area (Å²) in [6.07, 6.45) is -5.08. The Bertz CT molecular complexity index is 680. The molecule has 14 heteroatoms. The molecule has 5 N–H and O–H groups in total. The Morgan fingerprint density at radius 2 is 1.79 bits per heavy atom. The first-order valence-corrected chi connectivity index (χ1v) is 7.40. The van der Waals surface area contributed by atoms with E-state index in [9.17, 15) is 26.4 Å². The van der Waals surface area contributed by atoms with Gasteiger partial charge in [0.1, 0.15) is 16.6 Å². The lowest BCUT2D eigenvalue weighted by molar-refractivity contribution is -0.192. The molecular formula is C10H14F3N3O7S. The van der Waals surface area contributed by atoms with E-state index >= 15 is 0 Å². The highest BCUT2D eigenvalue weighted by Crippen LogP contribution is 2.18. The van der Waals surface area contributed by atoms with Crippen LogP contribution >= 0.6 is 0 Å². The fraction of sp³-hybridized carbons (Fsp3) is 0.500. The Labute approximate surface area is 133 Å². The summed E-state index contributed by atoms with van der Waals surface area (Å²) in [5.74, 6) is -4.01. The maximum absolute atomic E-state index is 11.9. The van der Waals surface area contributed by atoms with Gasteiger partial charge in [-0.05, 0) is 13.8 Å². The van der Waals surface area contributed by atoms with Crippen LogP contribution in [0.4, 0.5) is 13.2 Å². The molecule has 1 heterocycles. The third-order valence-corrected chi connectivity index (χ3v) is 4.03. The van der Waals surface area contributed by atoms with Gasteiger partial charge in [0.2, 0.25) is 10.0 Å². The summed E-state index contributed by atoms with van der Waals surface area (Å²) in [6.45, 7) is 2.52. The number of hydrogen-bond donors (Lipinski definition) is 4. The largest absolute Gasteiger partial charge is 0.490 e. The first-order valence-electron chi connectivity index (χ1n) is 5.92. The van der Waals surface area contributed by atoms with Crippen molar-refractivity contribution in [1.82, 2.24) is 9.88 Å². The number of sulfonamides is 1. The molecule has 1 atom stereocenters. The van der Waals surface area contributed by atoms with E-state index in [-0.39, 0.29) is 22.9 Å². The summed E-state index contributed by atoms with van der Waals surface area (Å²) in [6, 6.07) is -1.38. The summed E-state index contributed by atoms with van der Waals surface area (Å²) in [7, 11) is -4.00. The van der Waals surface area contributed by atoms with Crippen LogP contribution in [0.2, 0.25) is 0 Å². The highest BCUT2D eigenvalue weighted by atomic mass is 32.2. The molecule has 10 nitrogen and oxygen atoms in total. The van der Waals surface area contributed by atoms with Gasteiger partial charge >= 0.3 is 18.1 Å². The third-order valence-electron chi connectivity index (χ3n) is 2.31. The van der Waals surface area contributed by atoms with Crippen LogP contribution in [0.25, 0.3) is 0 Å². The van der Waals surface area contributed by atoms with Crippen LogP contribution in [0.1, 0.15) is 11.5 Å². The van der Waals surface area contributed by atoms with Crippen molar-refractivity contribution in [2.45, 2.75) is 31.0 Å². The van der Waals surface area contributed by atoms with Crippen molar-refractivity contribution in [3.8, 4) is 0 Å². The molecule has 1 aromatic rings. The summed E-state index contributed by atoms with van der Waals surface area (Å²) >= 11 is 0. The molecule has 138 valence electrons. The second-order valence-corrected chi connectivity index (χ2v) is 5.85. The molecule has 0 aliphatic rings. The first kappa shape index (κ1) is 21.8. The van der Waals surface area contributed by atoms with Crippen LogP contribution in [0.5, 0.6) is 0 Å². The van der Waals surface area contributed by atoms with E-state index in [0.717, 1.165) is 0 Å². The highest BCUT2D eigenvalue weighted by molar-refractivity contribution is 7.89. The highest BCUT2D eigenvalue weighted by Gasteiger charge is 2.38. The second kappa shape index (κ2) is 8.07. The predicted molar refractivity (Wildman–Crippen MR) is 70.5 cm³/mol. The summed E-state index contributed by atoms with van der Waals surface area (Å²) in [5, 5.41) is 19.3. The second-order valence-electron chi connectivity index (χ2n) is 4.20. The lowest BCUT2D eigenvalue weighted by atomic mass is 10.3. The number of halogens is 3. The van der Waals surface area contributed by atoms with Crippen LogP contribution in [0, 0.1) is 13.8 Å². The van der Waals surface area contributed by atoms with Gasteiger partial charge in [-0.3, -0.25) is 4.79 Å². The van der Waals surface area contributed by atoms with Gasteiger partial charge in [0.15, 0.2) is 5.76 Å². The molecule has 1 aromatic heterocycles. The van der Waals surface area contributed by atoms with Gasteiger partial charge in [-0.15, -0.1) is 0 Å². The van der Waals surface area contributed by atoms with E-state index in [0.29, 0.717) is 0 Å². The molecule has 0 saturated heterocycles. The fourth-order valence-corrected chi connectivity index (χ4v) is 2.84. The van der Waals surface area contributed by atoms with Gasteiger partial charge in [-0.25, -0.2) is 13.2 Å². The van der Waals surface area contributed by atoms with Crippen molar-refractivity contribution >= 4 is 22.0 Å². The van der Waals surface area contributed by atoms with Crippen LogP contribution in [-0.2, 0) is 19.6 Å². The number of aliphatic carboxylic acids is 2. The van der Waals surface area contributed by atoms with E-state index in [1.54, 1.807) is 0 Å². The molecule has 0 aliphatic carbocycles. The van der Waals surface area contributed by atoms with Crippen LogP contribution < -0.4 is 10.5 Å². The number of aromatic nitrogens is 1. The molecule has 0 aliphatic heterocycles. The van der Waals surface area contributed by atoms with E-state index in [2.05, 4.69) is 5.16 Å². The maximum atomic E-state index is 11.9. The van der Waals surface area contributed by atoms with E-state index < -0.39 is 34.2 Å². The van der Waals surface area contributed by atoms with Crippen LogP contribution in [-0.4, -0.2) is 54.5 Å². The zero-order valence-electron chi connectivity index (χ0n) is 12.3. The van der Waals surface area contributed by atoms with Crippen molar-refractivity contribution in [2.24, 2.45) is 5.73 Å². The number of aryl methyl sites for hydroxylation is 2. The van der Waals surface area contributed by atoms with Crippen LogP contribution in [0.15, 0.2) is 9.42 Å². The number of nitrogens with two attached hydrogens (primary N) is 1. The molecule has 0 fully saturated rings. The van der Waals surface area contributed by atoms with Crippen molar-refractivity contribution in [3.05, 3.63) is 11.5 Å². The molecule has 0 aromatic carbocycles. The third kappa shape index (κ3) is 6.13. The normalized spacial score (nSPS) is 12.9. The minimum absolute atomic E-state index is 0.0937. The lowest BCUT2D eigenvalue weighted by Crippen LogP contribution is -2.45. The van der Waals surface area contributed by atoms with Crippen molar-refractivity contribution < 1.29 is 45.9 Å². The van der Waals surface area contributed by atoms with E-state index in [1.807, 2.05) is 4.72 Å². The zero-order valence-corrected chi connectivity index (χ0v) is 13.1. The maximum Gasteiger partial charge on any atom is 0.490 e. The van der Waals surface area contributed by atoms with Crippen molar-refractivity contribution in [3.63, 3.8) is 0 Å². The Kier molecular flexibility index (Phi) is 7.33. The van der Waals surface area contributed by atoms with Gasteiger partial charge in [0, 0.05) is 6.54 Å². The Balaban J connectivity index is 0.000000640. The number of carboxylic acid groups (broad SMARTS) is 2. The molecule has 0 spiro atoms. The van der Waals surface area contributed by atoms with Crippen molar-refractivity contribution in [2.75, 3.05) is 6.54 Å². The number of nitrogens with one attached hydrogen (secondary N) is 1. The molecule has 0 saturated carbocycles. The summed E-state index contributed by atoms with van der Waals surface area (Å²) in [4.78, 5) is 19.4. The SMILES string of the molecule is Cc1noc(C)c1S(=O)(=O)N[C@@H](CN)C(=O)O.O=C(O)C(F)(F)F. The summed E-state index contributed by atoms with van der Waals surface area (Å²) in [5.41, 5.74) is 5.33. The topological polar surface area (TPSA) is 173 Å². The number of carboxylic acids is 2. The Morgan fingerprint density at radius 3 is 2.04 bits per heavy atom. The van der Waals surface area contributed by atoms with E-state index in [1.165, 1.54) is 13.8 Å². The van der Waals surface area contributed by atoms with Gasteiger partial charge < -0.3 is 20.5 Å². The number of rotatable bonds is 5. The molecular weight excluding hydrogens is 363 g/mol. The Morgan fingerprint density at radius 1 is 1.33 bits per heavy atom. The molecule has 0 bridgehead atoms. The Hall–Kier alpha value is -2.19. The monoisotopic (exact) mass is 377 g/mol. The smallest absolute Gasteiger partial charge is 0.480 e. The molecule has 0 radical (unpaired) electrons. The molecule has 1 rings (SSSR count). The number of hydrogen-bond acceptors (Lipinski definition) is 7. The predicted octanol–water partition coefficient (Wildman–Crippen LogP) is -0.385. The average molecular weight is 377 g/mol. The van der Waals surface area contributed by atoms with Crippen molar-refractivity contribution in [1.29, 1.82) is 0 Å². The fourth-order valence-electron chi connectivity index (χ4n) is 1.30. The van der Waals surface area contributed by atoms with Crippen LogP contribution in [0.3, 0.4) is 0 Å². The summed E-state index contributed by atoms with van der Waals surface area (Å²) < 4.78 is 62.2. The standard InChI is InChI=1S/C8H13N3O5S.C2HF3O2/c1-4-7(5(2)16-10-4)17(14,15)11-6(3-9)8(12)13;3-2(4,5)1(6)7/h6,11H,3,9H2,1-2H3,(H,12,13);(H,6,7)/t6-;/m0./s1. The number of nitrogens with zero attached hydrogens (tertiary/aromatic N) is 1. The first-order chi connectivity index (χ1) is 10.7. The lowest BCUT2D eigenvalue weighted by Gasteiger charge is -2.12.